The lowest BCUT2D eigenvalue weighted by molar-refractivity contribution is -0.334. The van der Waals surface area contributed by atoms with Crippen molar-refractivity contribution < 1.29 is 24.3 Å². The van der Waals surface area contributed by atoms with Gasteiger partial charge in [-0.1, -0.05) is 0 Å². The highest BCUT2D eigenvalue weighted by atomic mass is 16.7. The van der Waals surface area contributed by atoms with Crippen LogP contribution in [-0.4, -0.2) is 23.4 Å². The summed E-state index contributed by atoms with van der Waals surface area (Å²) >= 11 is 0. The van der Waals surface area contributed by atoms with Gasteiger partial charge >= 0.3 is 5.56 Å². The summed E-state index contributed by atoms with van der Waals surface area (Å²) in [6.45, 7) is -0.232. The number of H-pyrrole nitrogens is 1. The van der Waals surface area contributed by atoms with E-state index in [1.165, 1.54) is 11.5 Å². The Morgan fingerprint density at radius 1 is 1.32 bits per heavy atom. The molecular weight excluding hydrogens is 326 g/mol. The average Bonchev–Trinajstić information content (AvgIpc) is 3.09. The van der Waals surface area contributed by atoms with Crippen LogP contribution in [0.5, 0.6) is 17.2 Å². The zero-order valence-corrected chi connectivity index (χ0v) is 13.4. The van der Waals surface area contributed by atoms with Crippen molar-refractivity contribution in [2.75, 3.05) is 19.2 Å². The molecule has 2 aromatic heterocycles. The topological polar surface area (TPSA) is 95.6 Å². The number of hydrogen-bond acceptors (Lipinski definition) is 6. The summed E-state index contributed by atoms with van der Waals surface area (Å²) in [4.78, 5) is 15.8. The minimum absolute atomic E-state index is 0.182. The molecule has 8 nitrogen and oxygen atoms in total. The lowest BCUT2D eigenvalue weighted by Crippen LogP contribution is -2.29. The maximum absolute atomic E-state index is 12.7. The standard InChI is InChI=1S/C17H15N3O5/c1-23-13-3-2-6-20-16(13)19-15(11(8-21)17(20)22)18-10-4-5-12-14(7-10)25-9-24-12/h2-7,18,21H,8-9H2,1H3/p+1. The Morgan fingerprint density at radius 3 is 2.96 bits per heavy atom. The smallest absolute Gasteiger partial charge is 0.323 e. The van der Waals surface area contributed by atoms with Gasteiger partial charge in [0.25, 0.3) is 5.65 Å². The van der Waals surface area contributed by atoms with E-state index in [4.69, 9.17) is 14.2 Å². The van der Waals surface area contributed by atoms with Crippen LogP contribution in [-0.2, 0) is 6.61 Å². The van der Waals surface area contributed by atoms with Crippen LogP contribution >= 0.6 is 0 Å². The highest BCUT2D eigenvalue weighted by Crippen LogP contribution is 2.35. The molecule has 0 saturated heterocycles. The van der Waals surface area contributed by atoms with Gasteiger partial charge in [-0.15, -0.1) is 0 Å². The monoisotopic (exact) mass is 342 g/mol. The predicted molar refractivity (Wildman–Crippen MR) is 88.5 cm³/mol. The van der Waals surface area contributed by atoms with Gasteiger partial charge in [0.1, 0.15) is 11.3 Å². The van der Waals surface area contributed by atoms with E-state index in [0.717, 1.165) is 0 Å². The summed E-state index contributed by atoms with van der Waals surface area (Å²) in [6, 6.07) is 8.78. The molecule has 3 N–H and O–H groups in total. The van der Waals surface area contributed by atoms with Gasteiger partial charge in [0.15, 0.2) is 17.2 Å². The number of pyridine rings is 1. The molecule has 0 unspecified atom stereocenters. The number of anilines is 2. The molecule has 0 amide bonds. The molecule has 0 saturated carbocycles. The Balaban J connectivity index is 1.84. The van der Waals surface area contributed by atoms with E-state index in [0.29, 0.717) is 34.4 Å². The second kappa shape index (κ2) is 5.99. The molecule has 0 radical (unpaired) electrons. The van der Waals surface area contributed by atoms with E-state index in [-0.39, 0.29) is 17.9 Å². The third-order valence-corrected chi connectivity index (χ3v) is 4.00. The normalized spacial score (nSPS) is 12.4. The van der Waals surface area contributed by atoms with E-state index in [1.54, 1.807) is 36.5 Å². The van der Waals surface area contributed by atoms with Crippen molar-refractivity contribution in [3.05, 3.63) is 52.4 Å². The number of nitrogens with one attached hydrogen (secondary N) is 2. The third kappa shape index (κ3) is 2.52. The van der Waals surface area contributed by atoms with Crippen molar-refractivity contribution in [1.29, 1.82) is 0 Å². The van der Waals surface area contributed by atoms with Crippen LogP contribution in [0.4, 0.5) is 11.5 Å². The Morgan fingerprint density at radius 2 is 2.16 bits per heavy atom. The molecule has 3 aromatic rings. The van der Waals surface area contributed by atoms with Crippen LogP contribution in [0, 0.1) is 0 Å². The van der Waals surface area contributed by atoms with Gasteiger partial charge in [-0.3, -0.25) is 5.32 Å². The van der Waals surface area contributed by atoms with E-state index in [1.807, 2.05) is 0 Å². The second-order valence-electron chi connectivity index (χ2n) is 5.43. The first-order valence-corrected chi connectivity index (χ1v) is 7.62. The van der Waals surface area contributed by atoms with Crippen LogP contribution in [0.1, 0.15) is 5.56 Å². The van der Waals surface area contributed by atoms with E-state index in [2.05, 4.69) is 10.3 Å². The number of fused-ring (bicyclic) bond motifs is 2. The number of nitrogens with zero attached hydrogens (tertiary/aromatic N) is 1. The molecule has 1 aliphatic rings. The number of benzene rings is 1. The van der Waals surface area contributed by atoms with Crippen molar-refractivity contribution in [2.24, 2.45) is 0 Å². The lowest BCUT2D eigenvalue weighted by Gasteiger charge is -2.08. The number of hydrogen-bond donors (Lipinski definition) is 2. The zero-order valence-electron chi connectivity index (χ0n) is 13.4. The molecule has 4 rings (SSSR count). The van der Waals surface area contributed by atoms with Crippen LogP contribution in [0.2, 0.25) is 0 Å². The van der Waals surface area contributed by atoms with Gasteiger partial charge in [0.2, 0.25) is 12.6 Å². The number of aromatic amines is 1. The number of methoxy groups -OCH3 is 1. The first-order chi connectivity index (χ1) is 12.2. The van der Waals surface area contributed by atoms with Crippen molar-refractivity contribution in [3.8, 4) is 17.2 Å². The van der Waals surface area contributed by atoms with Gasteiger partial charge in [-0.05, 0) is 24.3 Å². The number of aliphatic hydroxyl groups is 1. The van der Waals surface area contributed by atoms with Gasteiger partial charge in [-0.25, -0.2) is 9.78 Å². The zero-order chi connectivity index (χ0) is 17.4. The molecule has 1 aliphatic heterocycles. The van der Waals surface area contributed by atoms with Crippen LogP contribution in [0.15, 0.2) is 41.3 Å². The maximum Gasteiger partial charge on any atom is 0.323 e. The van der Waals surface area contributed by atoms with Crippen molar-refractivity contribution >= 4 is 17.2 Å². The molecule has 3 heterocycles. The Bertz CT molecular complexity index is 1020. The van der Waals surface area contributed by atoms with Crippen molar-refractivity contribution in [1.82, 2.24) is 4.40 Å². The fourth-order valence-electron chi connectivity index (χ4n) is 2.76. The highest BCUT2D eigenvalue weighted by Gasteiger charge is 2.21. The number of rotatable bonds is 4. The quantitative estimate of drug-likeness (QED) is 0.737. The second-order valence-corrected chi connectivity index (χ2v) is 5.43. The Labute approximate surface area is 142 Å². The van der Waals surface area contributed by atoms with Crippen LogP contribution in [0.3, 0.4) is 0 Å². The summed E-state index contributed by atoms with van der Waals surface area (Å²) in [7, 11) is 1.53. The summed E-state index contributed by atoms with van der Waals surface area (Å²) < 4.78 is 17.3. The number of aliphatic hydroxyl groups excluding tert-OH is 1. The van der Waals surface area contributed by atoms with E-state index < -0.39 is 6.61 Å². The molecule has 0 atom stereocenters. The Kier molecular flexibility index (Phi) is 3.66. The first kappa shape index (κ1) is 15.3. The molecule has 128 valence electrons. The molecule has 0 aliphatic carbocycles. The molecule has 8 heteroatoms. The van der Waals surface area contributed by atoms with Gasteiger partial charge in [-0.2, -0.15) is 4.40 Å². The largest absolute Gasteiger partial charge is 0.490 e. The average molecular weight is 342 g/mol. The summed E-state index contributed by atoms with van der Waals surface area (Å²) in [5, 5.41) is 12.8. The highest BCUT2D eigenvalue weighted by molar-refractivity contribution is 5.63. The fraction of sp³-hybridized carbons (Fsp3) is 0.176. The Hall–Kier alpha value is -3.26. The maximum atomic E-state index is 12.7. The van der Waals surface area contributed by atoms with Gasteiger partial charge in [0.05, 0.1) is 19.9 Å². The molecule has 1 aromatic carbocycles. The number of aromatic nitrogens is 2. The van der Waals surface area contributed by atoms with Gasteiger partial charge < -0.3 is 19.3 Å². The van der Waals surface area contributed by atoms with E-state index >= 15 is 0 Å². The predicted octanol–water partition coefficient (Wildman–Crippen LogP) is 1.09. The van der Waals surface area contributed by atoms with Crippen molar-refractivity contribution in [3.63, 3.8) is 0 Å². The first-order valence-electron chi connectivity index (χ1n) is 7.62. The molecule has 0 spiro atoms. The van der Waals surface area contributed by atoms with Crippen LogP contribution in [0.25, 0.3) is 5.65 Å². The minimum atomic E-state index is -0.414. The molecule has 25 heavy (non-hydrogen) atoms. The summed E-state index contributed by atoms with van der Waals surface area (Å²) in [5.41, 5.74) is 1.05. The molecule has 0 fully saturated rings. The van der Waals surface area contributed by atoms with E-state index in [9.17, 15) is 9.90 Å². The fourth-order valence-corrected chi connectivity index (χ4v) is 2.76. The third-order valence-electron chi connectivity index (χ3n) is 4.00. The van der Waals surface area contributed by atoms with Crippen molar-refractivity contribution in [2.45, 2.75) is 6.61 Å². The molecule has 0 bridgehead atoms. The lowest BCUT2D eigenvalue weighted by atomic mass is 10.2. The molecular formula is C17H16N3O5+. The summed E-state index contributed by atoms with van der Waals surface area (Å²) in [5.74, 6) is 2.18. The SMILES string of the molecule is COc1cccn2c(=O)c(CO)c(Nc3ccc4c(c3)OCO4)[nH+]c12. The number of ether oxygens (including phenoxy) is 3. The summed E-state index contributed by atoms with van der Waals surface area (Å²) in [6.07, 6.45) is 1.61. The minimum Gasteiger partial charge on any atom is -0.490 e. The van der Waals surface area contributed by atoms with Crippen LogP contribution < -0.4 is 30.1 Å². The van der Waals surface area contributed by atoms with Gasteiger partial charge in [0, 0.05) is 6.07 Å².